The number of carbonyl (C=O) groups excluding carboxylic acids is 1. The van der Waals surface area contributed by atoms with E-state index in [1.165, 1.54) is 4.90 Å². The number of piperidine rings is 1. The Bertz CT molecular complexity index is 660. The third kappa shape index (κ3) is 5.33. The summed E-state index contributed by atoms with van der Waals surface area (Å²) >= 11 is 0. The number of hydrogen-bond donors (Lipinski definition) is 2. The van der Waals surface area contributed by atoms with Crippen molar-refractivity contribution in [2.75, 3.05) is 18.8 Å². The van der Waals surface area contributed by atoms with Crippen LogP contribution in [0.3, 0.4) is 0 Å². The van der Waals surface area contributed by atoms with Crippen molar-refractivity contribution in [1.82, 2.24) is 9.62 Å². The second-order valence-electron chi connectivity index (χ2n) is 5.52. The van der Waals surface area contributed by atoms with Gasteiger partial charge in [-0.15, -0.1) is 0 Å². The summed E-state index contributed by atoms with van der Waals surface area (Å²) in [4.78, 5) is 24.1. The van der Waals surface area contributed by atoms with Crippen molar-refractivity contribution in [2.24, 2.45) is 0 Å². The van der Waals surface area contributed by atoms with Gasteiger partial charge in [-0.2, -0.15) is 0 Å². The molecule has 1 unspecified atom stereocenters. The van der Waals surface area contributed by atoms with Gasteiger partial charge in [0.2, 0.25) is 15.9 Å². The number of hydrogen-bond acceptors (Lipinski definition) is 4. The van der Waals surface area contributed by atoms with Crippen molar-refractivity contribution in [1.29, 1.82) is 0 Å². The third-order valence-electron chi connectivity index (χ3n) is 3.68. The SMILES string of the molecule is O=C(O)CN1CCCC(NS(=O)(=O)CCc2ccccc2)C1=O. The lowest BCUT2D eigenvalue weighted by Gasteiger charge is -2.31. The Hall–Kier alpha value is -1.93. The van der Waals surface area contributed by atoms with Crippen LogP contribution in [0, 0.1) is 0 Å². The molecule has 2 N–H and O–H groups in total. The first-order valence-corrected chi connectivity index (χ1v) is 9.07. The van der Waals surface area contributed by atoms with Crippen molar-refractivity contribution in [3.05, 3.63) is 35.9 Å². The smallest absolute Gasteiger partial charge is 0.323 e. The van der Waals surface area contributed by atoms with E-state index in [0.717, 1.165) is 5.56 Å². The first-order chi connectivity index (χ1) is 10.9. The summed E-state index contributed by atoms with van der Waals surface area (Å²) in [6.45, 7) is -0.0611. The van der Waals surface area contributed by atoms with Gasteiger partial charge in [-0.1, -0.05) is 30.3 Å². The van der Waals surface area contributed by atoms with Crippen LogP contribution in [0.2, 0.25) is 0 Å². The number of carboxylic acids is 1. The zero-order valence-electron chi connectivity index (χ0n) is 12.6. The van der Waals surface area contributed by atoms with Gasteiger partial charge in [0.1, 0.15) is 12.6 Å². The molecule has 0 spiro atoms. The summed E-state index contributed by atoms with van der Waals surface area (Å²) < 4.78 is 26.7. The van der Waals surface area contributed by atoms with Gasteiger partial charge >= 0.3 is 5.97 Å². The number of sulfonamides is 1. The molecule has 23 heavy (non-hydrogen) atoms. The number of aliphatic carboxylic acids is 1. The number of nitrogens with one attached hydrogen (secondary N) is 1. The topological polar surface area (TPSA) is 104 Å². The first kappa shape index (κ1) is 17.4. The van der Waals surface area contributed by atoms with E-state index in [2.05, 4.69) is 4.72 Å². The number of nitrogens with zero attached hydrogens (tertiary/aromatic N) is 1. The fraction of sp³-hybridized carbons (Fsp3) is 0.467. The fourth-order valence-electron chi connectivity index (χ4n) is 2.54. The summed E-state index contributed by atoms with van der Waals surface area (Å²) in [7, 11) is -3.61. The highest BCUT2D eigenvalue weighted by atomic mass is 32.2. The quantitative estimate of drug-likeness (QED) is 0.739. The highest BCUT2D eigenvalue weighted by Gasteiger charge is 2.32. The lowest BCUT2D eigenvalue weighted by atomic mass is 10.1. The number of amides is 1. The van der Waals surface area contributed by atoms with Crippen LogP contribution in [0.1, 0.15) is 18.4 Å². The van der Waals surface area contributed by atoms with Crippen molar-refractivity contribution in [2.45, 2.75) is 25.3 Å². The van der Waals surface area contributed by atoms with Crippen LogP contribution in [-0.2, 0) is 26.0 Å². The van der Waals surface area contributed by atoms with Gasteiger partial charge in [-0.25, -0.2) is 13.1 Å². The summed E-state index contributed by atoms with van der Waals surface area (Å²) in [5.41, 5.74) is 0.903. The second kappa shape index (κ2) is 7.56. The Morgan fingerprint density at radius 3 is 2.65 bits per heavy atom. The molecule has 1 heterocycles. The van der Waals surface area contributed by atoms with Crippen LogP contribution < -0.4 is 4.72 Å². The van der Waals surface area contributed by atoms with E-state index in [9.17, 15) is 18.0 Å². The van der Waals surface area contributed by atoms with Gasteiger partial charge in [0.25, 0.3) is 0 Å². The van der Waals surface area contributed by atoms with Crippen LogP contribution in [-0.4, -0.2) is 55.2 Å². The van der Waals surface area contributed by atoms with E-state index in [1.807, 2.05) is 30.3 Å². The summed E-state index contributed by atoms with van der Waals surface area (Å²) in [6, 6.07) is 8.34. The number of rotatable bonds is 7. The van der Waals surface area contributed by atoms with E-state index in [4.69, 9.17) is 5.11 Å². The highest BCUT2D eigenvalue weighted by molar-refractivity contribution is 7.89. The predicted octanol–water partition coefficient (Wildman–Crippen LogP) is 0.224. The van der Waals surface area contributed by atoms with Crippen LogP contribution >= 0.6 is 0 Å². The lowest BCUT2D eigenvalue weighted by Crippen LogP contribution is -2.53. The van der Waals surface area contributed by atoms with E-state index in [0.29, 0.717) is 25.8 Å². The van der Waals surface area contributed by atoms with Gasteiger partial charge in [-0.05, 0) is 24.8 Å². The molecular formula is C15H20N2O5S. The van der Waals surface area contributed by atoms with Crippen molar-refractivity contribution in [3.63, 3.8) is 0 Å². The van der Waals surface area contributed by atoms with E-state index < -0.39 is 34.5 Å². The first-order valence-electron chi connectivity index (χ1n) is 7.42. The molecule has 1 aromatic carbocycles. The largest absolute Gasteiger partial charge is 0.480 e. The number of aryl methyl sites for hydroxylation is 1. The average Bonchev–Trinajstić information content (AvgIpc) is 2.50. The molecule has 0 saturated carbocycles. The average molecular weight is 340 g/mol. The van der Waals surface area contributed by atoms with Gasteiger partial charge < -0.3 is 10.0 Å². The highest BCUT2D eigenvalue weighted by Crippen LogP contribution is 2.13. The molecule has 8 heteroatoms. The van der Waals surface area contributed by atoms with Crippen LogP contribution in [0.5, 0.6) is 0 Å². The van der Waals surface area contributed by atoms with Crippen LogP contribution in [0.4, 0.5) is 0 Å². The minimum Gasteiger partial charge on any atom is -0.480 e. The number of carboxylic acid groups (broad SMARTS) is 1. The predicted molar refractivity (Wildman–Crippen MR) is 84.3 cm³/mol. The Labute approximate surface area is 135 Å². The molecule has 0 aliphatic carbocycles. The maximum Gasteiger partial charge on any atom is 0.323 e. The van der Waals surface area contributed by atoms with Crippen LogP contribution in [0.25, 0.3) is 0 Å². The monoisotopic (exact) mass is 340 g/mol. The zero-order valence-corrected chi connectivity index (χ0v) is 13.5. The number of carbonyl (C=O) groups is 2. The van der Waals surface area contributed by atoms with E-state index in [-0.39, 0.29) is 5.75 Å². The minimum atomic E-state index is -3.61. The van der Waals surface area contributed by atoms with Crippen LogP contribution in [0.15, 0.2) is 30.3 Å². The Balaban J connectivity index is 1.93. The fourth-order valence-corrected chi connectivity index (χ4v) is 3.82. The molecule has 7 nitrogen and oxygen atoms in total. The standard InChI is InChI=1S/C15H20N2O5S/c18-14(19)11-17-9-4-7-13(15(17)20)16-23(21,22)10-8-12-5-2-1-3-6-12/h1-3,5-6,13,16H,4,7-11H2,(H,18,19). The molecule has 1 atom stereocenters. The van der Waals surface area contributed by atoms with E-state index in [1.54, 1.807) is 0 Å². The summed E-state index contributed by atoms with van der Waals surface area (Å²) in [6.07, 6.45) is 1.32. The molecule has 0 radical (unpaired) electrons. The van der Waals surface area contributed by atoms with E-state index >= 15 is 0 Å². The molecule has 126 valence electrons. The molecule has 0 bridgehead atoms. The van der Waals surface area contributed by atoms with Crippen molar-refractivity contribution >= 4 is 21.9 Å². The van der Waals surface area contributed by atoms with Crippen molar-refractivity contribution < 1.29 is 23.1 Å². The Kier molecular flexibility index (Phi) is 5.73. The lowest BCUT2D eigenvalue weighted by molar-refractivity contribution is -0.146. The Morgan fingerprint density at radius 2 is 2.00 bits per heavy atom. The van der Waals surface area contributed by atoms with Gasteiger partial charge in [0.15, 0.2) is 0 Å². The number of likely N-dealkylation sites (tertiary alicyclic amines) is 1. The van der Waals surface area contributed by atoms with Gasteiger partial charge in [0, 0.05) is 6.54 Å². The molecular weight excluding hydrogens is 320 g/mol. The summed E-state index contributed by atoms with van der Waals surface area (Å²) in [5, 5.41) is 8.78. The molecule has 1 amide bonds. The number of benzene rings is 1. The van der Waals surface area contributed by atoms with Gasteiger partial charge in [0.05, 0.1) is 5.75 Å². The summed E-state index contributed by atoms with van der Waals surface area (Å²) in [5.74, 6) is -1.69. The molecule has 1 aromatic rings. The minimum absolute atomic E-state index is 0.111. The normalized spacial score (nSPS) is 18.9. The maximum atomic E-state index is 12.1. The molecule has 1 saturated heterocycles. The molecule has 2 rings (SSSR count). The molecule has 1 aliphatic heterocycles. The molecule has 0 aromatic heterocycles. The molecule has 1 aliphatic rings. The zero-order chi connectivity index (χ0) is 16.9. The Morgan fingerprint density at radius 1 is 1.30 bits per heavy atom. The maximum absolute atomic E-state index is 12.1. The molecule has 1 fully saturated rings. The van der Waals surface area contributed by atoms with Gasteiger partial charge in [-0.3, -0.25) is 9.59 Å². The third-order valence-corrected chi connectivity index (χ3v) is 5.07. The van der Waals surface area contributed by atoms with Crippen molar-refractivity contribution in [3.8, 4) is 0 Å². The second-order valence-corrected chi connectivity index (χ2v) is 7.39.